The number of aromatic nitrogens is 2. The van der Waals surface area contributed by atoms with Crippen molar-refractivity contribution >= 4 is 11.9 Å². The molecule has 3 rings (SSSR count). The third-order valence-corrected chi connectivity index (χ3v) is 5.58. The number of hydrogen-bond donors (Lipinski definition) is 1. The number of halogens is 3. The van der Waals surface area contributed by atoms with Crippen molar-refractivity contribution in [3.63, 3.8) is 0 Å². The highest BCUT2D eigenvalue weighted by Gasteiger charge is 2.45. The molecule has 28 heavy (non-hydrogen) atoms. The molecule has 1 unspecified atom stereocenters. The second-order valence-electron chi connectivity index (χ2n) is 7.41. The maximum atomic E-state index is 13.3. The maximum absolute atomic E-state index is 13.3. The molecule has 2 aromatic rings. The van der Waals surface area contributed by atoms with E-state index in [1.807, 2.05) is 6.92 Å². The van der Waals surface area contributed by atoms with Gasteiger partial charge >= 0.3 is 12.1 Å². The van der Waals surface area contributed by atoms with E-state index < -0.39 is 23.4 Å². The molecular weight excluding hydrogens is 375 g/mol. The Kier molecular flexibility index (Phi) is 4.73. The number of carbonyl (C=O) groups excluding carboxylic acids is 1. The zero-order chi connectivity index (χ0) is 20.9. The van der Waals surface area contributed by atoms with Crippen molar-refractivity contribution in [3.8, 4) is 5.69 Å². The molecule has 1 aromatic carbocycles. The number of benzene rings is 1. The van der Waals surface area contributed by atoms with Gasteiger partial charge in [-0.15, -0.1) is 0 Å². The monoisotopic (exact) mass is 395 g/mol. The lowest BCUT2D eigenvalue weighted by Gasteiger charge is -2.30. The highest BCUT2D eigenvalue weighted by molar-refractivity contribution is 5.94. The van der Waals surface area contributed by atoms with Gasteiger partial charge < -0.3 is 10.0 Å². The van der Waals surface area contributed by atoms with Gasteiger partial charge in [-0.05, 0) is 49.4 Å². The van der Waals surface area contributed by atoms with Crippen LogP contribution in [0.25, 0.3) is 5.69 Å². The molecule has 0 saturated heterocycles. The first-order valence-corrected chi connectivity index (χ1v) is 8.72. The molecule has 6 nitrogen and oxygen atoms in total. The molecule has 1 aliphatic carbocycles. The summed E-state index contributed by atoms with van der Waals surface area (Å²) in [6.07, 6.45) is -2.13. The Balaban J connectivity index is 1.89. The molecule has 9 heteroatoms. The summed E-state index contributed by atoms with van der Waals surface area (Å²) in [5.41, 5.74) is -1.85. The first kappa shape index (κ1) is 19.9. The minimum absolute atomic E-state index is 0.0150. The molecular formula is C19H20F3N3O3. The number of amides is 1. The average molecular weight is 395 g/mol. The molecule has 0 radical (unpaired) electrons. The fraction of sp³-hybridized carbons (Fsp3) is 0.421. The summed E-state index contributed by atoms with van der Waals surface area (Å²) in [5.74, 6) is -1.94. The molecule has 1 aliphatic rings. The van der Waals surface area contributed by atoms with Gasteiger partial charge in [0.2, 0.25) is 0 Å². The summed E-state index contributed by atoms with van der Waals surface area (Å²) >= 11 is 0. The average Bonchev–Trinajstić information content (AvgIpc) is 3.21. The molecule has 0 aliphatic heterocycles. The summed E-state index contributed by atoms with van der Waals surface area (Å²) in [5, 5.41) is 12.6. The largest absolute Gasteiger partial charge is 0.478 e. The number of hydrogen-bond acceptors (Lipinski definition) is 3. The lowest BCUT2D eigenvalue weighted by atomic mass is 9.99. The lowest BCUT2D eigenvalue weighted by molar-refractivity contribution is -0.143. The van der Waals surface area contributed by atoms with Crippen LogP contribution in [-0.2, 0) is 6.18 Å². The van der Waals surface area contributed by atoms with Crippen LogP contribution in [0.5, 0.6) is 0 Å². The Bertz CT molecular complexity index is 915. The molecule has 1 fully saturated rings. The van der Waals surface area contributed by atoms with Crippen LogP contribution in [0.1, 0.15) is 53.1 Å². The van der Waals surface area contributed by atoms with Crippen LogP contribution in [0.4, 0.5) is 13.2 Å². The lowest BCUT2D eigenvalue weighted by Crippen LogP contribution is -2.40. The van der Waals surface area contributed by atoms with Gasteiger partial charge in [0.15, 0.2) is 5.69 Å². The van der Waals surface area contributed by atoms with Gasteiger partial charge in [0.1, 0.15) is 5.56 Å². The Morgan fingerprint density at radius 3 is 2.29 bits per heavy atom. The Hall–Kier alpha value is -2.84. The minimum Gasteiger partial charge on any atom is -0.478 e. The van der Waals surface area contributed by atoms with Gasteiger partial charge in [0, 0.05) is 18.7 Å². The zero-order valence-corrected chi connectivity index (χ0v) is 15.6. The predicted molar refractivity (Wildman–Crippen MR) is 94.4 cm³/mol. The number of carboxylic acid groups (broad SMARTS) is 1. The normalized spacial score (nSPS) is 16.5. The standard InChI is InChI=1S/C19H20F3N3O3/c1-11(18(2)8-9-18)24(3)16(26)12-4-6-13(7-5-12)25-15(19(20,21)22)14(10-23-25)17(27)28/h4-7,10-11H,8-9H2,1-3H3,(H,27,28). The maximum Gasteiger partial charge on any atom is 0.434 e. The third kappa shape index (κ3) is 3.48. The SMILES string of the molecule is CC(N(C)C(=O)c1ccc(-n2ncc(C(=O)O)c2C(F)(F)F)cc1)C1(C)CC1. The molecule has 1 saturated carbocycles. The summed E-state index contributed by atoms with van der Waals surface area (Å²) in [4.78, 5) is 25.4. The van der Waals surface area contributed by atoms with E-state index in [4.69, 9.17) is 5.11 Å². The number of carbonyl (C=O) groups is 2. The van der Waals surface area contributed by atoms with Gasteiger partial charge in [-0.3, -0.25) is 4.79 Å². The molecule has 1 heterocycles. The second-order valence-corrected chi connectivity index (χ2v) is 7.41. The number of alkyl halides is 3. The number of rotatable bonds is 5. The topological polar surface area (TPSA) is 75.4 Å². The van der Waals surface area contributed by atoms with Crippen molar-refractivity contribution in [1.82, 2.24) is 14.7 Å². The summed E-state index contributed by atoms with van der Waals surface area (Å²) < 4.78 is 40.5. The molecule has 150 valence electrons. The van der Waals surface area contributed by atoms with E-state index in [1.54, 1.807) is 11.9 Å². The Labute approximate surface area is 159 Å². The van der Waals surface area contributed by atoms with Gasteiger partial charge in [-0.25, -0.2) is 9.48 Å². The smallest absolute Gasteiger partial charge is 0.434 e. The highest BCUT2D eigenvalue weighted by atomic mass is 19.4. The van der Waals surface area contributed by atoms with Crippen LogP contribution >= 0.6 is 0 Å². The van der Waals surface area contributed by atoms with Crippen LogP contribution < -0.4 is 0 Å². The quantitative estimate of drug-likeness (QED) is 0.835. The van der Waals surface area contributed by atoms with Crippen molar-refractivity contribution < 1.29 is 27.9 Å². The fourth-order valence-electron chi connectivity index (χ4n) is 3.18. The van der Waals surface area contributed by atoms with E-state index >= 15 is 0 Å². The minimum atomic E-state index is -4.89. The predicted octanol–water partition coefficient (Wildman–Crippen LogP) is 3.85. The van der Waals surface area contributed by atoms with Crippen molar-refractivity contribution in [2.45, 2.75) is 38.9 Å². The fourth-order valence-corrected chi connectivity index (χ4v) is 3.18. The number of carboxylic acids is 1. The van der Waals surface area contributed by atoms with Crippen LogP contribution in [0, 0.1) is 5.41 Å². The second kappa shape index (κ2) is 6.65. The molecule has 1 atom stereocenters. The summed E-state index contributed by atoms with van der Waals surface area (Å²) in [7, 11) is 1.71. The number of nitrogens with zero attached hydrogens (tertiary/aromatic N) is 3. The van der Waals surface area contributed by atoms with Gasteiger partial charge in [0.05, 0.1) is 11.9 Å². The van der Waals surface area contributed by atoms with Gasteiger partial charge in [-0.1, -0.05) is 6.92 Å². The van der Waals surface area contributed by atoms with E-state index in [0.29, 0.717) is 16.4 Å². The van der Waals surface area contributed by atoms with Crippen molar-refractivity contribution in [3.05, 3.63) is 47.3 Å². The van der Waals surface area contributed by atoms with Gasteiger partial charge in [0.25, 0.3) is 5.91 Å². The van der Waals surface area contributed by atoms with E-state index in [0.717, 1.165) is 12.8 Å². The van der Waals surface area contributed by atoms with Crippen LogP contribution in [0.2, 0.25) is 0 Å². The van der Waals surface area contributed by atoms with Crippen molar-refractivity contribution in [2.24, 2.45) is 5.41 Å². The molecule has 1 N–H and O–H groups in total. The van der Waals surface area contributed by atoms with Crippen molar-refractivity contribution in [1.29, 1.82) is 0 Å². The summed E-state index contributed by atoms with van der Waals surface area (Å²) in [6, 6.07) is 5.51. The van der Waals surface area contributed by atoms with Crippen LogP contribution in [-0.4, -0.2) is 44.8 Å². The Morgan fingerprint density at radius 2 is 1.82 bits per heavy atom. The molecule has 1 aromatic heterocycles. The first-order chi connectivity index (χ1) is 13.0. The molecule has 0 bridgehead atoms. The van der Waals surface area contributed by atoms with E-state index in [1.165, 1.54) is 24.3 Å². The van der Waals surface area contributed by atoms with E-state index in [9.17, 15) is 22.8 Å². The molecule has 0 spiro atoms. The van der Waals surface area contributed by atoms with Crippen LogP contribution in [0.15, 0.2) is 30.5 Å². The summed E-state index contributed by atoms with van der Waals surface area (Å²) in [6.45, 7) is 4.09. The van der Waals surface area contributed by atoms with Crippen LogP contribution in [0.3, 0.4) is 0 Å². The zero-order valence-electron chi connectivity index (χ0n) is 15.6. The van der Waals surface area contributed by atoms with Gasteiger partial charge in [-0.2, -0.15) is 18.3 Å². The number of aromatic carboxylic acids is 1. The van der Waals surface area contributed by atoms with E-state index in [2.05, 4.69) is 12.0 Å². The first-order valence-electron chi connectivity index (χ1n) is 8.72. The highest BCUT2D eigenvalue weighted by Crippen LogP contribution is 2.49. The van der Waals surface area contributed by atoms with E-state index in [-0.39, 0.29) is 23.1 Å². The third-order valence-electron chi connectivity index (χ3n) is 5.58. The molecule has 1 amide bonds. The Morgan fingerprint density at radius 1 is 1.25 bits per heavy atom. The van der Waals surface area contributed by atoms with Crippen molar-refractivity contribution in [2.75, 3.05) is 7.05 Å².